The van der Waals surface area contributed by atoms with Crippen LogP contribution in [0.1, 0.15) is 20.8 Å². The zero-order valence-electron chi connectivity index (χ0n) is 11.0. The van der Waals surface area contributed by atoms with Crippen LogP contribution in [0.4, 0.5) is 0 Å². The van der Waals surface area contributed by atoms with Gasteiger partial charge in [0.2, 0.25) is 0 Å². The lowest BCUT2D eigenvalue weighted by atomic mass is 10.1. The molecule has 5 heteroatoms. The SMILES string of the molecule is CC(C)C(C)NCCS(=O)(=O)c1ccc(Br)cc1. The molecule has 0 spiro atoms. The number of halogens is 1. The number of nitrogens with one attached hydrogen (secondary N) is 1. The van der Waals surface area contributed by atoms with Gasteiger partial charge in [0.05, 0.1) is 10.6 Å². The number of hydrogen-bond donors (Lipinski definition) is 1. The van der Waals surface area contributed by atoms with Gasteiger partial charge in [-0.25, -0.2) is 8.42 Å². The molecule has 18 heavy (non-hydrogen) atoms. The molecule has 0 fully saturated rings. The Labute approximate surface area is 118 Å². The Bertz CT molecular complexity index is 468. The van der Waals surface area contributed by atoms with Crippen LogP contribution in [0.3, 0.4) is 0 Å². The van der Waals surface area contributed by atoms with Crippen LogP contribution in [0.2, 0.25) is 0 Å². The highest BCUT2D eigenvalue weighted by Gasteiger charge is 2.14. The van der Waals surface area contributed by atoms with Crippen molar-refractivity contribution in [2.75, 3.05) is 12.3 Å². The van der Waals surface area contributed by atoms with Gasteiger partial charge in [0, 0.05) is 17.1 Å². The fraction of sp³-hybridized carbons (Fsp3) is 0.538. The summed E-state index contributed by atoms with van der Waals surface area (Å²) in [6, 6.07) is 7.08. The van der Waals surface area contributed by atoms with Crippen LogP contribution >= 0.6 is 15.9 Å². The van der Waals surface area contributed by atoms with Gasteiger partial charge in [-0.1, -0.05) is 29.8 Å². The third kappa shape index (κ3) is 4.71. The molecule has 0 aromatic heterocycles. The van der Waals surface area contributed by atoms with E-state index >= 15 is 0 Å². The first-order valence-electron chi connectivity index (χ1n) is 6.04. The van der Waals surface area contributed by atoms with E-state index in [1.807, 2.05) is 0 Å². The van der Waals surface area contributed by atoms with E-state index in [1.165, 1.54) is 0 Å². The maximum Gasteiger partial charge on any atom is 0.179 e. The molecule has 0 aliphatic rings. The monoisotopic (exact) mass is 333 g/mol. The zero-order chi connectivity index (χ0) is 13.8. The number of sulfone groups is 1. The Morgan fingerprint density at radius 2 is 1.72 bits per heavy atom. The highest BCUT2D eigenvalue weighted by atomic mass is 79.9. The van der Waals surface area contributed by atoms with Gasteiger partial charge in [0.15, 0.2) is 9.84 Å². The lowest BCUT2D eigenvalue weighted by molar-refractivity contribution is 0.437. The van der Waals surface area contributed by atoms with E-state index in [9.17, 15) is 8.42 Å². The van der Waals surface area contributed by atoms with E-state index in [0.29, 0.717) is 23.4 Å². The minimum absolute atomic E-state index is 0.131. The van der Waals surface area contributed by atoms with Crippen LogP contribution in [0.25, 0.3) is 0 Å². The summed E-state index contributed by atoms with van der Waals surface area (Å²) in [5, 5.41) is 3.23. The van der Waals surface area contributed by atoms with E-state index in [-0.39, 0.29) is 5.75 Å². The molecule has 1 rings (SSSR count). The van der Waals surface area contributed by atoms with Crippen LogP contribution in [0.15, 0.2) is 33.6 Å². The molecule has 0 saturated carbocycles. The largest absolute Gasteiger partial charge is 0.313 e. The summed E-state index contributed by atoms with van der Waals surface area (Å²) in [6.45, 7) is 6.77. The molecule has 0 amide bonds. The van der Waals surface area contributed by atoms with Crippen molar-refractivity contribution < 1.29 is 8.42 Å². The first kappa shape index (κ1) is 15.7. The van der Waals surface area contributed by atoms with Gasteiger partial charge in [-0.2, -0.15) is 0 Å². The van der Waals surface area contributed by atoms with Gasteiger partial charge < -0.3 is 5.32 Å². The van der Waals surface area contributed by atoms with Gasteiger partial charge in [-0.05, 0) is 37.1 Å². The molecule has 0 aliphatic carbocycles. The first-order valence-corrected chi connectivity index (χ1v) is 8.49. The van der Waals surface area contributed by atoms with E-state index in [4.69, 9.17) is 0 Å². The first-order chi connectivity index (χ1) is 8.33. The second-order valence-electron chi connectivity index (χ2n) is 4.76. The van der Waals surface area contributed by atoms with Gasteiger partial charge in [-0.15, -0.1) is 0 Å². The molecule has 1 aromatic rings. The highest BCUT2D eigenvalue weighted by Crippen LogP contribution is 2.15. The molecular formula is C13H20BrNO2S. The van der Waals surface area contributed by atoms with Crippen molar-refractivity contribution in [1.82, 2.24) is 5.32 Å². The van der Waals surface area contributed by atoms with E-state index < -0.39 is 9.84 Å². The Morgan fingerprint density at radius 3 is 2.22 bits per heavy atom. The van der Waals surface area contributed by atoms with Crippen molar-refractivity contribution in [2.45, 2.75) is 31.7 Å². The molecule has 0 bridgehead atoms. The molecule has 1 N–H and O–H groups in total. The van der Waals surface area contributed by atoms with Crippen LogP contribution in [-0.2, 0) is 9.84 Å². The molecule has 1 unspecified atom stereocenters. The predicted molar refractivity (Wildman–Crippen MR) is 78.5 cm³/mol. The Hall–Kier alpha value is -0.390. The second kappa shape index (κ2) is 6.68. The molecule has 0 aliphatic heterocycles. The number of rotatable bonds is 6. The summed E-state index contributed by atoms with van der Waals surface area (Å²) in [5.41, 5.74) is 0. The third-order valence-electron chi connectivity index (χ3n) is 3.01. The van der Waals surface area contributed by atoms with Crippen LogP contribution in [0.5, 0.6) is 0 Å². The number of hydrogen-bond acceptors (Lipinski definition) is 3. The fourth-order valence-electron chi connectivity index (χ4n) is 1.42. The average molecular weight is 334 g/mol. The van der Waals surface area contributed by atoms with Gasteiger partial charge >= 0.3 is 0 Å². The quantitative estimate of drug-likeness (QED) is 0.870. The maximum absolute atomic E-state index is 12.0. The van der Waals surface area contributed by atoms with Gasteiger partial charge in [-0.3, -0.25) is 0 Å². The lowest BCUT2D eigenvalue weighted by Gasteiger charge is -2.17. The summed E-state index contributed by atoms with van der Waals surface area (Å²) in [4.78, 5) is 0.379. The molecule has 1 atom stereocenters. The van der Waals surface area contributed by atoms with Gasteiger partial charge in [0.25, 0.3) is 0 Å². The third-order valence-corrected chi connectivity index (χ3v) is 5.27. The Morgan fingerprint density at radius 1 is 1.17 bits per heavy atom. The maximum atomic E-state index is 12.0. The minimum atomic E-state index is -3.18. The van der Waals surface area contributed by atoms with E-state index in [1.54, 1.807) is 24.3 Å². The normalized spacial score (nSPS) is 13.8. The summed E-state index contributed by atoms with van der Waals surface area (Å²) in [6.07, 6.45) is 0. The Balaban J connectivity index is 2.58. The summed E-state index contributed by atoms with van der Waals surface area (Å²) < 4.78 is 25.0. The van der Waals surface area contributed by atoms with Gasteiger partial charge in [0.1, 0.15) is 0 Å². The fourth-order valence-corrected chi connectivity index (χ4v) is 2.85. The second-order valence-corrected chi connectivity index (χ2v) is 7.78. The van der Waals surface area contributed by atoms with Crippen molar-refractivity contribution in [1.29, 1.82) is 0 Å². The van der Waals surface area contributed by atoms with E-state index in [0.717, 1.165) is 4.47 Å². The van der Waals surface area contributed by atoms with Crippen molar-refractivity contribution in [2.24, 2.45) is 5.92 Å². The van der Waals surface area contributed by atoms with Crippen LogP contribution in [-0.4, -0.2) is 26.8 Å². The molecule has 0 radical (unpaired) electrons. The average Bonchev–Trinajstić information content (AvgIpc) is 2.29. The summed E-state index contributed by atoms with van der Waals surface area (Å²) in [5.74, 6) is 0.631. The lowest BCUT2D eigenvalue weighted by Crippen LogP contribution is -2.34. The smallest absolute Gasteiger partial charge is 0.179 e. The van der Waals surface area contributed by atoms with Crippen molar-refractivity contribution in [3.05, 3.63) is 28.7 Å². The van der Waals surface area contributed by atoms with Crippen LogP contribution < -0.4 is 5.32 Å². The molecule has 0 heterocycles. The minimum Gasteiger partial charge on any atom is -0.313 e. The van der Waals surface area contributed by atoms with E-state index in [2.05, 4.69) is 42.0 Å². The summed E-state index contributed by atoms with van der Waals surface area (Å²) >= 11 is 3.29. The predicted octanol–water partition coefficient (Wildman–Crippen LogP) is 2.86. The molecule has 1 aromatic carbocycles. The van der Waals surface area contributed by atoms with Crippen LogP contribution in [0, 0.1) is 5.92 Å². The van der Waals surface area contributed by atoms with Crippen molar-refractivity contribution >= 4 is 25.8 Å². The van der Waals surface area contributed by atoms with Crippen molar-refractivity contribution in [3.8, 4) is 0 Å². The molecular weight excluding hydrogens is 314 g/mol. The zero-order valence-corrected chi connectivity index (χ0v) is 13.4. The standard InChI is InChI=1S/C13H20BrNO2S/c1-10(2)11(3)15-8-9-18(16,17)13-6-4-12(14)5-7-13/h4-7,10-11,15H,8-9H2,1-3H3. The highest BCUT2D eigenvalue weighted by molar-refractivity contribution is 9.10. The summed E-state index contributed by atoms with van der Waals surface area (Å²) in [7, 11) is -3.18. The van der Waals surface area contributed by atoms with Crippen molar-refractivity contribution in [3.63, 3.8) is 0 Å². The molecule has 102 valence electrons. The topological polar surface area (TPSA) is 46.2 Å². The molecule has 0 saturated heterocycles. The Kier molecular flexibility index (Phi) is 5.82. The number of benzene rings is 1. The molecule has 3 nitrogen and oxygen atoms in total.